The summed E-state index contributed by atoms with van der Waals surface area (Å²) in [7, 11) is -0.833. The van der Waals surface area contributed by atoms with Crippen LogP contribution in [0.15, 0.2) is 29.3 Å². The van der Waals surface area contributed by atoms with Crippen molar-refractivity contribution in [3.05, 3.63) is 30.1 Å². The van der Waals surface area contributed by atoms with Crippen molar-refractivity contribution < 1.29 is 22.7 Å². The van der Waals surface area contributed by atoms with Gasteiger partial charge in [-0.3, -0.25) is 9.48 Å². The summed E-state index contributed by atoms with van der Waals surface area (Å²) >= 11 is 0. The van der Waals surface area contributed by atoms with E-state index in [0.29, 0.717) is 25.3 Å². The Morgan fingerprint density at radius 2 is 2.00 bits per heavy atom. The molecule has 1 N–H and O–H groups in total. The highest BCUT2D eigenvalue weighted by Crippen LogP contribution is 2.34. The van der Waals surface area contributed by atoms with Gasteiger partial charge in [-0.25, -0.2) is 8.42 Å². The van der Waals surface area contributed by atoms with Gasteiger partial charge in [-0.2, -0.15) is 4.31 Å². The van der Waals surface area contributed by atoms with E-state index in [4.69, 9.17) is 9.47 Å². The molecule has 1 aromatic carbocycles. The van der Waals surface area contributed by atoms with Crippen LogP contribution in [-0.2, 0) is 16.6 Å². The fourth-order valence-electron chi connectivity index (χ4n) is 3.97. The lowest BCUT2D eigenvalue weighted by Crippen LogP contribution is -2.44. The lowest BCUT2D eigenvalue weighted by molar-refractivity contribution is 0.0946. The lowest BCUT2D eigenvalue weighted by Gasteiger charge is -2.35. The van der Waals surface area contributed by atoms with Crippen molar-refractivity contribution in [2.45, 2.75) is 62.0 Å². The Morgan fingerprint density at radius 1 is 1.19 bits per heavy atom. The summed E-state index contributed by atoms with van der Waals surface area (Å²) in [6.07, 6.45) is 6.71. The van der Waals surface area contributed by atoms with Crippen LogP contribution in [0.4, 0.5) is 0 Å². The fraction of sp³-hybridized carbons (Fsp3) is 0.571. The van der Waals surface area contributed by atoms with Crippen LogP contribution in [-0.4, -0.2) is 66.5 Å². The highest BCUT2D eigenvalue weighted by Gasteiger charge is 2.35. The molecule has 1 saturated carbocycles. The summed E-state index contributed by atoms with van der Waals surface area (Å²) in [5.74, 6) is 0.529. The molecule has 0 bridgehead atoms. The van der Waals surface area contributed by atoms with Gasteiger partial charge in [0.2, 0.25) is 10.0 Å². The Bertz CT molecular complexity index is 1070. The van der Waals surface area contributed by atoms with Gasteiger partial charge in [0.05, 0.1) is 20.4 Å². The van der Waals surface area contributed by atoms with E-state index in [2.05, 4.69) is 15.6 Å². The molecule has 1 aliphatic heterocycles. The number of hydrogen-bond acceptors (Lipinski definition) is 7. The van der Waals surface area contributed by atoms with Gasteiger partial charge in [-0.1, -0.05) is 11.6 Å². The number of hydrogen-bond donors (Lipinski definition) is 1. The number of methoxy groups -OCH3 is 2. The first-order chi connectivity index (χ1) is 15.4. The standard InChI is InChI=1S/C21H29N5O5S/c1-30-17-8-9-19(31-2)20(13-17)32(28,29)26-11-4-3-5-16(26)10-12-25-14-18(23-24-25)21(27)22-15-6-7-15/h8-9,13-16H,3-7,10-12H2,1-2H3,(H,22,27)/t16-/m1/s1. The number of nitrogens with one attached hydrogen (secondary N) is 1. The molecule has 2 fully saturated rings. The van der Waals surface area contributed by atoms with Crippen molar-refractivity contribution >= 4 is 15.9 Å². The van der Waals surface area contributed by atoms with E-state index >= 15 is 0 Å². The highest BCUT2D eigenvalue weighted by atomic mass is 32.2. The molecule has 11 heteroatoms. The summed E-state index contributed by atoms with van der Waals surface area (Å²) in [4.78, 5) is 12.2. The Kier molecular flexibility index (Phi) is 6.66. The molecule has 1 saturated heterocycles. The van der Waals surface area contributed by atoms with E-state index in [9.17, 15) is 13.2 Å². The van der Waals surface area contributed by atoms with Crippen LogP contribution in [0.1, 0.15) is 49.0 Å². The quantitative estimate of drug-likeness (QED) is 0.603. The largest absolute Gasteiger partial charge is 0.497 e. The second-order valence-electron chi connectivity index (χ2n) is 8.19. The average molecular weight is 464 g/mol. The van der Waals surface area contributed by atoms with E-state index in [0.717, 1.165) is 32.1 Å². The van der Waals surface area contributed by atoms with Gasteiger partial charge in [0, 0.05) is 31.2 Å². The van der Waals surface area contributed by atoms with Gasteiger partial charge in [0.15, 0.2) is 5.69 Å². The number of piperidine rings is 1. The van der Waals surface area contributed by atoms with Crippen molar-refractivity contribution in [2.24, 2.45) is 0 Å². The minimum atomic E-state index is -3.79. The Morgan fingerprint density at radius 3 is 2.72 bits per heavy atom. The third-order valence-corrected chi connectivity index (χ3v) is 7.88. The maximum atomic E-state index is 13.6. The number of carbonyl (C=O) groups excluding carboxylic acids is 1. The molecule has 1 aliphatic carbocycles. The molecule has 174 valence electrons. The molecule has 1 atom stereocenters. The summed E-state index contributed by atoms with van der Waals surface area (Å²) in [6.45, 7) is 0.912. The third-order valence-electron chi connectivity index (χ3n) is 5.91. The summed E-state index contributed by atoms with van der Waals surface area (Å²) in [5.41, 5.74) is 0.283. The lowest BCUT2D eigenvalue weighted by atomic mass is 10.0. The van der Waals surface area contributed by atoms with Crippen LogP contribution in [0.3, 0.4) is 0 Å². The van der Waals surface area contributed by atoms with Gasteiger partial charge in [0.1, 0.15) is 16.4 Å². The zero-order valence-electron chi connectivity index (χ0n) is 18.4. The first-order valence-electron chi connectivity index (χ1n) is 10.9. The molecular formula is C21H29N5O5S. The Balaban J connectivity index is 1.48. The molecule has 0 radical (unpaired) electrons. The second-order valence-corrected chi connectivity index (χ2v) is 10.0. The van der Waals surface area contributed by atoms with Crippen LogP contribution in [0.5, 0.6) is 11.5 Å². The Labute approximate surface area is 187 Å². The van der Waals surface area contributed by atoms with Crippen LogP contribution >= 0.6 is 0 Å². The van der Waals surface area contributed by atoms with Crippen molar-refractivity contribution in [1.29, 1.82) is 0 Å². The predicted molar refractivity (Wildman–Crippen MR) is 116 cm³/mol. The topological polar surface area (TPSA) is 116 Å². The van der Waals surface area contributed by atoms with Crippen molar-refractivity contribution in [1.82, 2.24) is 24.6 Å². The summed E-state index contributed by atoms with van der Waals surface area (Å²) in [6, 6.07) is 4.85. The van der Waals surface area contributed by atoms with Gasteiger partial charge in [-0.05, 0) is 44.2 Å². The molecule has 2 heterocycles. The number of benzene rings is 1. The number of amides is 1. The van der Waals surface area contributed by atoms with Gasteiger partial charge in [-0.15, -0.1) is 5.10 Å². The maximum Gasteiger partial charge on any atom is 0.273 e. The van der Waals surface area contributed by atoms with E-state index in [1.54, 1.807) is 27.3 Å². The van der Waals surface area contributed by atoms with E-state index in [1.807, 2.05) is 0 Å². The predicted octanol–water partition coefficient (Wildman–Crippen LogP) is 1.82. The average Bonchev–Trinajstić information content (AvgIpc) is 3.49. The third kappa shape index (κ3) is 4.88. The molecule has 0 spiro atoms. The highest BCUT2D eigenvalue weighted by molar-refractivity contribution is 7.89. The first kappa shape index (κ1) is 22.5. The number of nitrogens with zero attached hydrogens (tertiary/aromatic N) is 4. The van der Waals surface area contributed by atoms with Crippen LogP contribution in [0.25, 0.3) is 0 Å². The SMILES string of the molecule is COc1ccc(OC)c(S(=O)(=O)N2CCCC[C@@H]2CCn2cc(C(=O)NC3CC3)nn2)c1. The van der Waals surface area contributed by atoms with E-state index in [-0.39, 0.29) is 34.3 Å². The van der Waals surface area contributed by atoms with Gasteiger partial charge in [0.25, 0.3) is 5.91 Å². The molecule has 1 aromatic heterocycles. The summed E-state index contributed by atoms with van der Waals surface area (Å²) < 4.78 is 40.8. The van der Waals surface area contributed by atoms with E-state index in [1.165, 1.54) is 20.3 Å². The first-order valence-corrected chi connectivity index (χ1v) is 12.3. The number of ether oxygens (including phenoxy) is 2. The molecule has 4 rings (SSSR count). The van der Waals surface area contributed by atoms with Crippen molar-refractivity contribution in [2.75, 3.05) is 20.8 Å². The zero-order valence-corrected chi connectivity index (χ0v) is 19.2. The molecule has 2 aliphatic rings. The van der Waals surface area contributed by atoms with Crippen molar-refractivity contribution in [3.8, 4) is 11.5 Å². The number of sulfonamides is 1. The molecule has 2 aromatic rings. The number of aromatic nitrogens is 3. The van der Waals surface area contributed by atoms with Crippen molar-refractivity contribution in [3.63, 3.8) is 0 Å². The molecular weight excluding hydrogens is 434 g/mol. The molecule has 1 amide bonds. The number of carbonyl (C=O) groups is 1. The normalized spacial score (nSPS) is 19.5. The van der Waals surface area contributed by atoms with Gasteiger partial charge < -0.3 is 14.8 Å². The molecule has 0 unspecified atom stereocenters. The maximum absolute atomic E-state index is 13.6. The number of aryl methyl sites for hydroxylation is 1. The second kappa shape index (κ2) is 9.45. The summed E-state index contributed by atoms with van der Waals surface area (Å²) in [5, 5.41) is 10.9. The Hall–Kier alpha value is -2.66. The molecule has 10 nitrogen and oxygen atoms in total. The van der Waals surface area contributed by atoms with Crippen LogP contribution < -0.4 is 14.8 Å². The minimum absolute atomic E-state index is 0.103. The van der Waals surface area contributed by atoms with Crippen LogP contribution in [0.2, 0.25) is 0 Å². The zero-order chi connectivity index (χ0) is 22.7. The monoisotopic (exact) mass is 463 g/mol. The van der Waals surface area contributed by atoms with Crippen LogP contribution in [0, 0.1) is 0 Å². The smallest absolute Gasteiger partial charge is 0.273 e. The van der Waals surface area contributed by atoms with Gasteiger partial charge >= 0.3 is 0 Å². The number of rotatable bonds is 9. The fourth-order valence-corrected chi connectivity index (χ4v) is 5.87. The molecule has 32 heavy (non-hydrogen) atoms. The van der Waals surface area contributed by atoms with E-state index < -0.39 is 10.0 Å². The minimum Gasteiger partial charge on any atom is -0.497 e.